The summed E-state index contributed by atoms with van der Waals surface area (Å²) in [5.41, 5.74) is 0. The summed E-state index contributed by atoms with van der Waals surface area (Å²) >= 11 is 0. The highest BCUT2D eigenvalue weighted by atomic mass is 16.6. The molecule has 1 atom stereocenters. The minimum Gasteiger partial charge on any atom is -0.462 e. The van der Waals surface area contributed by atoms with Gasteiger partial charge in [0.05, 0.1) is 0 Å². The van der Waals surface area contributed by atoms with Crippen LogP contribution in [0.5, 0.6) is 0 Å². The monoisotopic (exact) mass is 847 g/mol. The van der Waals surface area contributed by atoms with E-state index in [0.717, 1.165) is 116 Å². The van der Waals surface area contributed by atoms with Gasteiger partial charge in [-0.2, -0.15) is 0 Å². The molecule has 0 aromatic rings. The number of allylic oxidation sites excluding steroid dienone is 16. The van der Waals surface area contributed by atoms with Gasteiger partial charge in [0, 0.05) is 19.3 Å². The van der Waals surface area contributed by atoms with Crippen LogP contribution in [0.15, 0.2) is 97.2 Å². The van der Waals surface area contributed by atoms with Crippen LogP contribution >= 0.6 is 0 Å². The standard InChI is InChI=1S/C55H90O6/c1-4-7-10-13-16-19-22-25-27-28-31-33-36-39-42-45-48-54(57)60-51-52(50-59-53(56)47-44-41-38-35-32-29-24-21-18-15-12-9-6-3)61-55(58)49-46-43-40-37-34-30-26-23-20-17-14-11-8-5-2/h7,9-10,12,15-16,18-19,21,24-25,27,29-30,32,34,52H,4-6,8,11,13-14,17,20,22-23,26,28,31,33,35-51H2,1-3H3/b10-7-,12-9-,18-15-,19-16-,24-21-,27-25-,32-29-,34-30-. The molecular formula is C55H90O6. The van der Waals surface area contributed by atoms with Crippen molar-refractivity contribution in [1.29, 1.82) is 0 Å². The molecule has 0 amide bonds. The molecule has 61 heavy (non-hydrogen) atoms. The molecule has 0 aromatic carbocycles. The van der Waals surface area contributed by atoms with Crippen molar-refractivity contribution in [2.24, 2.45) is 0 Å². The van der Waals surface area contributed by atoms with Gasteiger partial charge in [0.25, 0.3) is 0 Å². The van der Waals surface area contributed by atoms with Crippen LogP contribution in [0.1, 0.15) is 213 Å². The highest BCUT2D eigenvalue weighted by Crippen LogP contribution is 2.13. The summed E-state index contributed by atoms with van der Waals surface area (Å²) in [7, 11) is 0. The molecule has 0 spiro atoms. The molecule has 0 radical (unpaired) electrons. The molecule has 0 fully saturated rings. The molecule has 0 aromatic heterocycles. The summed E-state index contributed by atoms with van der Waals surface area (Å²) in [5, 5.41) is 0. The zero-order chi connectivity index (χ0) is 44.4. The summed E-state index contributed by atoms with van der Waals surface area (Å²) in [6, 6.07) is 0. The Kier molecular flexibility index (Phi) is 46.0. The summed E-state index contributed by atoms with van der Waals surface area (Å²) in [5.74, 6) is -0.978. The fraction of sp³-hybridized carbons (Fsp3) is 0.655. The molecule has 0 bridgehead atoms. The molecule has 6 nitrogen and oxygen atoms in total. The second-order valence-corrected chi connectivity index (χ2v) is 16.0. The molecule has 0 aliphatic carbocycles. The second kappa shape index (κ2) is 49.0. The van der Waals surface area contributed by atoms with E-state index in [2.05, 4.69) is 81.5 Å². The molecule has 0 N–H and O–H groups in total. The van der Waals surface area contributed by atoms with Gasteiger partial charge in [0.15, 0.2) is 6.10 Å². The van der Waals surface area contributed by atoms with Crippen LogP contribution in [0.2, 0.25) is 0 Å². The van der Waals surface area contributed by atoms with Crippen molar-refractivity contribution in [2.75, 3.05) is 13.2 Å². The summed E-state index contributed by atoms with van der Waals surface area (Å²) in [4.78, 5) is 37.9. The highest BCUT2D eigenvalue weighted by Gasteiger charge is 2.19. The molecule has 0 saturated carbocycles. The first-order valence-electron chi connectivity index (χ1n) is 24.8. The Hall–Kier alpha value is -3.67. The van der Waals surface area contributed by atoms with E-state index in [9.17, 15) is 14.4 Å². The van der Waals surface area contributed by atoms with Gasteiger partial charge in [0.1, 0.15) is 13.2 Å². The first-order valence-corrected chi connectivity index (χ1v) is 24.8. The maximum absolute atomic E-state index is 12.8. The van der Waals surface area contributed by atoms with Crippen LogP contribution in [0.25, 0.3) is 0 Å². The van der Waals surface area contributed by atoms with E-state index in [4.69, 9.17) is 14.2 Å². The van der Waals surface area contributed by atoms with Crippen molar-refractivity contribution >= 4 is 17.9 Å². The lowest BCUT2D eigenvalue weighted by atomic mass is 10.1. The first kappa shape index (κ1) is 57.3. The zero-order valence-electron chi connectivity index (χ0n) is 39.4. The molecule has 0 aliphatic rings. The normalized spacial score (nSPS) is 12.9. The second-order valence-electron chi connectivity index (χ2n) is 16.0. The van der Waals surface area contributed by atoms with E-state index >= 15 is 0 Å². The average Bonchev–Trinajstić information content (AvgIpc) is 3.26. The van der Waals surface area contributed by atoms with Gasteiger partial charge >= 0.3 is 17.9 Å². The Bertz CT molecular complexity index is 1250. The number of ether oxygens (including phenoxy) is 3. The first-order chi connectivity index (χ1) is 30.0. The largest absolute Gasteiger partial charge is 0.462 e. The summed E-state index contributed by atoms with van der Waals surface area (Å²) in [6.07, 6.45) is 63.9. The van der Waals surface area contributed by atoms with Gasteiger partial charge in [-0.05, 0) is 96.3 Å². The smallest absolute Gasteiger partial charge is 0.306 e. The number of hydrogen-bond donors (Lipinski definition) is 0. The van der Waals surface area contributed by atoms with Crippen molar-refractivity contribution < 1.29 is 28.6 Å². The van der Waals surface area contributed by atoms with E-state index in [0.29, 0.717) is 19.3 Å². The number of esters is 3. The lowest BCUT2D eigenvalue weighted by Gasteiger charge is -2.18. The lowest BCUT2D eigenvalue weighted by Crippen LogP contribution is -2.30. The van der Waals surface area contributed by atoms with Crippen LogP contribution in [0, 0.1) is 0 Å². The van der Waals surface area contributed by atoms with Gasteiger partial charge < -0.3 is 14.2 Å². The Labute approximate surface area is 375 Å². The summed E-state index contributed by atoms with van der Waals surface area (Å²) < 4.78 is 16.7. The highest BCUT2D eigenvalue weighted by molar-refractivity contribution is 5.71. The third kappa shape index (κ3) is 47.2. The average molecular weight is 847 g/mol. The van der Waals surface area contributed by atoms with Gasteiger partial charge in [0.2, 0.25) is 0 Å². The topological polar surface area (TPSA) is 78.9 Å². The Morgan fingerprint density at radius 3 is 1.23 bits per heavy atom. The zero-order valence-corrected chi connectivity index (χ0v) is 39.4. The third-order valence-electron chi connectivity index (χ3n) is 10.1. The van der Waals surface area contributed by atoms with Crippen LogP contribution in [0.3, 0.4) is 0 Å². The van der Waals surface area contributed by atoms with Crippen molar-refractivity contribution in [3.63, 3.8) is 0 Å². The summed E-state index contributed by atoms with van der Waals surface area (Å²) in [6.45, 7) is 6.31. The van der Waals surface area contributed by atoms with Crippen LogP contribution in [0.4, 0.5) is 0 Å². The van der Waals surface area contributed by atoms with Gasteiger partial charge in [-0.15, -0.1) is 0 Å². The van der Waals surface area contributed by atoms with Crippen molar-refractivity contribution in [1.82, 2.24) is 0 Å². The molecule has 1 unspecified atom stereocenters. The van der Waals surface area contributed by atoms with Crippen molar-refractivity contribution in [2.45, 2.75) is 219 Å². The number of unbranched alkanes of at least 4 members (excludes halogenated alkanes) is 19. The van der Waals surface area contributed by atoms with E-state index in [-0.39, 0.29) is 31.1 Å². The number of carbonyl (C=O) groups is 3. The molecule has 0 saturated heterocycles. The molecule has 6 heteroatoms. The van der Waals surface area contributed by atoms with Crippen molar-refractivity contribution in [3.8, 4) is 0 Å². The van der Waals surface area contributed by atoms with Crippen LogP contribution in [-0.4, -0.2) is 37.2 Å². The van der Waals surface area contributed by atoms with E-state index in [1.807, 2.05) is 36.5 Å². The Morgan fingerprint density at radius 2 is 0.721 bits per heavy atom. The molecule has 346 valence electrons. The van der Waals surface area contributed by atoms with E-state index < -0.39 is 6.10 Å². The number of carbonyl (C=O) groups excluding carboxylic acids is 3. The van der Waals surface area contributed by atoms with Gasteiger partial charge in [-0.3, -0.25) is 14.4 Å². The molecule has 0 rings (SSSR count). The Morgan fingerprint density at radius 1 is 0.361 bits per heavy atom. The number of hydrogen-bond acceptors (Lipinski definition) is 6. The predicted molar refractivity (Wildman–Crippen MR) is 260 cm³/mol. The van der Waals surface area contributed by atoms with Gasteiger partial charge in [-0.25, -0.2) is 0 Å². The number of rotatable bonds is 43. The van der Waals surface area contributed by atoms with Crippen molar-refractivity contribution in [3.05, 3.63) is 97.2 Å². The molecular weight excluding hydrogens is 757 g/mol. The minimum absolute atomic E-state index is 0.105. The van der Waals surface area contributed by atoms with Crippen LogP contribution in [-0.2, 0) is 28.6 Å². The predicted octanol–water partition coefficient (Wildman–Crippen LogP) is 16.2. The fourth-order valence-corrected chi connectivity index (χ4v) is 6.46. The van der Waals surface area contributed by atoms with Crippen LogP contribution < -0.4 is 0 Å². The van der Waals surface area contributed by atoms with E-state index in [1.165, 1.54) is 57.8 Å². The van der Waals surface area contributed by atoms with E-state index in [1.54, 1.807) is 0 Å². The molecule has 0 heterocycles. The SMILES string of the molecule is CC\C=C/C=C\C=C/C=C\CCCCCC(=O)OCC(COC(=O)CCCCCCCC/C=C\C/C=C\C/C=C\CC)OC(=O)CCCCC/C=C\CCCCCCCCC. The Balaban J connectivity index is 4.49. The molecule has 0 aliphatic heterocycles. The quantitative estimate of drug-likeness (QED) is 0.0200. The maximum atomic E-state index is 12.8. The van der Waals surface area contributed by atoms with Gasteiger partial charge in [-0.1, -0.05) is 195 Å². The maximum Gasteiger partial charge on any atom is 0.306 e. The fourth-order valence-electron chi connectivity index (χ4n) is 6.46. The third-order valence-corrected chi connectivity index (χ3v) is 10.1. The lowest BCUT2D eigenvalue weighted by molar-refractivity contribution is -0.167. The minimum atomic E-state index is -0.807.